The van der Waals surface area contributed by atoms with Crippen LogP contribution in [0.25, 0.3) is 0 Å². The van der Waals surface area contributed by atoms with Gasteiger partial charge in [0.1, 0.15) is 0 Å². The van der Waals surface area contributed by atoms with Crippen molar-refractivity contribution in [3.8, 4) is 0 Å². The lowest BCUT2D eigenvalue weighted by Gasteiger charge is -2.21. The largest absolute Gasteiger partial charge is 0.345 e. The van der Waals surface area contributed by atoms with Crippen molar-refractivity contribution in [3.63, 3.8) is 0 Å². The number of benzene rings is 1. The molecule has 1 aliphatic rings. The van der Waals surface area contributed by atoms with Crippen molar-refractivity contribution in [1.82, 2.24) is 15.0 Å². The van der Waals surface area contributed by atoms with Gasteiger partial charge in [-0.15, -0.1) is 0 Å². The van der Waals surface area contributed by atoms with Crippen molar-refractivity contribution >= 4 is 17.5 Å². The summed E-state index contributed by atoms with van der Waals surface area (Å²) in [5.74, 6) is 0.458. The summed E-state index contributed by atoms with van der Waals surface area (Å²) in [6.45, 7) is 5.27. The van der Waals surface area contributed by atoms with Gasteiger partial charge in [-0.3, -0.25) is 19.6 Å². The summed E-state index contributed by atoms with van der Waals surface area (Å²) < 4.78 is 0. The minimum atomic E-state index is -0.206. The van der Waals surface area contributed by atoms with Gasteiger partial charge >= 0.3 is 0 Å². The number of amides is 1. The Bertz CT molecular complexity index is 1140. The average molecular weight is 418 g/mol. The minimum absolute atomic E-state index is 0.0610. The van der Waals surface area contributed by atoms with Crippen LogP contribution in [0.15, 0.2) is 53.5 Å². The maximum atomic E-state index is 12.8. The highest BCUT2D eigenvalue weighted by Crippen LogP contribution is 2.33. The maximum Gasteiger partial charge on any atom is 0.252 e. The van der Waals surface area contributed by atoms with Gasteiger partial charge in [0.2, 0.25) is 11.9 Å². The molecule has 7 nitrogen and oxygen atoms in total. The zero-order chi connectivity index (χ0) is 22.0. The number of aromatic amines is 1. The number of anilines is 2. The first-order valence-electron chi connectivity index (χ1n) is 10.5. The van der Waals surface area contributed by atoms with E-state index in [4.69, 9.17) is 4.98 Å². The summed E-state index contributed by atoms with van der Waals surface area (Å²) in [6.07, 6.45) is 2.86. The van der Waals surface area contributed by atoms with Crippen LogP contribution in [0.3, 0.4) is 0 Å². The van der Waals surface area contributed by atoms with Crippen molar-refractivity contribution in [3.05, 3.63) is 81.5 Å². The molecule has 0 aliphatic carbocycles. The van der Waals surface area contributed by atoms with Crippen LogP contribution in [-0.4, -0.2) is 41.0 Å². The molecular weight excluding hydrogens is 390 g/mol. The Kier molecular flexibility index (Phi) is 5.84. The molecule has 2 aromatic heterocycles. The topological polar surface area (TPSA) is 82.2 Å². The van der Waals surface area contributed by atoms with Gasteiger partial charge in [-0.2, -0.15) is 0 Å². The molecule has 1 aromatic carbocycles. The summed E-state index contributed by atoms with van der Waals surface area (Å²) in [4.78, 5) is 40.7. The summed E-state index contributed by atoms with van der Waals surface area (Å²) in [5.41, 5.74) is 4.63. The number of hydrogen-bond donors (Lipinski definition) is 1. The van der Waals surface area contributed by atoms with Gasteiger partial charge in [-0.1, -0.05) is 18.2 Å². The molecule has 1 aliphatic heterocycles. The lowest BCUT2D eigenvalue weighted by molar-refractivity contribution is -0.117. The second kappa shape index (κ2) is 8.71. The van der Waals surface area contributed by atoms with E-state index in [0.29, 0.717) is 31.2 Å². The van der Waals surface area contributed by atoms with Crippen molar-refractivity contribution in [2.45, 2.75) is 32.6 Å². The van der Waals surface area contributed by atoms with Gasteiger partial charge in [-0.25, -0.2) is 4.98 Å². The van der Waals surface area contributed by atoms with E-state index in [2.05, 4.69) is 9.97 Å². The van der Waals surface area contributed by atoms with Gasteiger partial charge in [0.25, 0.3) is 5.56 Å². The van der Waals surface area contributed by atoms with E-state index in [1.54, 1.807) is 6.20 Å². The van der Waals surface area contributed by atoms with Crippen molar-refractivity contribution < 1.29 is 4.79 Å². The smallest absolute Gasteiger partial charge is 0.252 e. The van der Waals surface area contributed by atoms with E-state index in [-0.39, 0.29) is 17.4 Å². The molecule has 0 saturated carbocycles. The third kappa shape index (κ3) is 4.50. The number of H-pyrrole nitrogens is 1. The predicted octanol–water partition coefficient (Wildman–Crippen LogP) is 2.98. The summed E-state index contributed by atoms with van der Waals surface area (Å²) in [5, 5.41) is 0. The van der Waals surface area contributed by atoms with Crippen LogP contribution in [-0.2, 0) is 11.2 Å². The molecular formula is C24H27N5O2. The van der Waals surface area contributed by atoms with E-state index >= 15 is 0 Å². The van der Waals surface area contributed by atoms with E-state index in [0.717, 1.165) is 28.9 Å². The fourth-order valence-corrected chi connectivity index (χ4v) is 3.95. The summed E-state index contributed by atoms with van der Waals surface area (Å²) >= 11 is 0. The Hall–Kier alpha value is -3.48. The fourth-order valence-electron chi connectivity index (χ4n) is 3.95. The lowest BCUT2D eigenvalue weighted by atomic mass is 10.0. The number of nitrogens with one attached hydrogen (secondary N) is 1. The molecule has 1 amide bonds. The van der Waals surface area contributed by atoms with Crippen LogP contribution < -0.4 is 15.4 Å². The molecule has 0 radical (unpaired) electrons. The molecule has 31 heavy (non-hydrogen) atoms. The molecule has 1 fully saturated rings. The minimum Gasteiger partial charge on any atom is -0.345 e. The highest BCUT2D eigenvalue weighted by Gasteiger charge is 2.33. The van der Waals surface area contributed by atoms with Crippen molar-refractivity contribution in [2.75, 3.05) is 29.9 Å². The Balaban J connectivity index is 1.52. The zero-order valence-electron chi connectivity index (χ0n) is 18.1. The monoisotopic (exact) mass is 417 g/mol. The fraction of sp³-hybridized carbons (Fsp3) is 0.333. The third-order valence-corrected chi connectivity index (χ3v) is 5.95. The second-order valence-electron chi connectivity index (χ2n) is 8.11. The van der Waals surface area contributed by atoms with Crippen LogP contribution in [0.4, 0.5) is 11.6 Å². The van der Waals surface area contributed by atoms with Gasteiger partial charge in [0.05, 0.1) is 5.69 Å². The maximum absolute atomic E-state index is 12.8. The predicted molar refractivity (Wildman–Crippen MR) is 122 cm³/mol. The number of carbonyl (C=O) groups excluding carboxylic acids is 1. The number of aryl methyl sites for hydroxylation is 1. The highest BCUT2D eigenvalue weighted by molar-refractivity contribution is 5.97. The van der Waals surface area contributed by atoms with Gasteiger partial charge in [-0.05, 0) is 43.2 Å². The molecule has 3 heterocycles. The summed E-state index contributed by atoms with van der Waals surface area (Å²) in [6, 6.07) is 13.3. The molecule has 160 valence electrons. The van der Waals surface area contributed by atoms with Crippen molar-refractivity contribution in [1.29, 1.82) is 0 Å². The molecule has 1 unspecified atom stereocenters. The normalized spacial score (nSPS) is 16.0. The SMILES string of the molecule is Cc1cccc(N2CC(c3cc(=O)[nH]c(N(C)CCc4ccccn4)n3)CC2=O)c1C. The zero-order valence-corrected chi connectivity index (χ0v) is 18.1. The molecule has 1 atom stereocenters. The number of nitrogens with zero attached hydrogens (tertiary/aromatic N) is 4. The number of hydrogen-bond acceptors (Lipinski definition) is 5. The van der Waals surface area contributed by atoms with Gasteiger partial charge in [0.15, 0.2) is 0 Å². The number of carbonyl (C=O) groups is 1. The van der Waals surface area contributed by atoms with E-state index in [1.807, 2.05) is 67.1 Å². The first-order chi connectivity index (χ1) is 14.9. The van der Waals surface area contributed by atoms with Crippen LogP contribution in [0, 0.1) is 13.8 Å². The van der Waals surface area contributed by atoms with E-state index in [1.165, 1.54) is 6.07 Å². The van der Waals surface area contributed by atoms with Gasteiger partial charge in [0, 0.05) is 62.5 Å². The molecule has 1 saturated heterocycles. The first-order valence-corrected chi connectivity index (χ1v) is 10.5. The molecule has 7 heteroatoms. The Labute approximate surface area is 181 Å². The quantitative estimate of drug-likeness (QED) is 0.667. The van der Waals surface area contributed by atoms with Gasteiger partial charge < -0.3 is 9.80 Å². The van der Waals surface area contributed by atoms with E-state index < -0.39 is 0 Å². The van der Waals surface area contributed by atoms with Crippen LogP contribution in [0.1, 0.15) is 34.9 Å². The molecule has 4 rings (SSSR count). The number of likely N-dealkylation sites (N-methyl/N-ethyl adjacent to an activating group) is 1. The average Bonchev–Trinajstić information content (AvgIpc) is 3.15. The van der Waals surface area contributed by atoms with Crippen LogP contribution in [0.2, 0.25) is 0 Å². The molecule has 1 N–H and O–H groups in total. The first kappa shape index (κ1) is 20.8. The molecule has 3 aromatic rings. The Morgan fingerprint density at radius 2 is 2.00 bits per heavy atom. The lowest BCUT2D eigenvalue weighted by Crippen LogP contribution is -2.27. The summed E-state index contributed by atoms with van der Waals surface area (Å²) in [7, 11) is 1.90. The number of aromatic nitrogens is 3. The number of rotatable bonds is 6. The third-order valence-electron chi connectivity index (χ3n) is 5.95. The highest BCUT2D eigenvalue weighted by atomic mass is 16.2. The Morgan fingerprint density at radius 1 is 1.16 bits per heavy atom. The Morgan fingerprint density at radius 3 is 2.77 bits per heavy atom. The molecule has 0 spiro atoms. The standard InChI is InChI=1S/C24H27N5O2/c1-16-7-6-9-21(17(16)2)29-15-18(13-23(29)31)20-14-22(30)27-24(26-20)28(3)12-10-19-8-4-5-11-25-19/h4-9,11,14,18H,10,12-13,15H2,1-3H3,(H,26,27,30). The van der Waals surface area contributed by atoms with Crippen molar-refractivity contribution in [2.24, 2.45) is 0 Å². The molecule has 0 bridgehead atoms. The number of pyridine rings is 1. The second-order valence-corrected chi connectivity index (χ2v) is 8.11. The van der Waals surface area contributed by atoms with Crippen LogP contribution >= 0.6 is 0 Å². The van der Waals surface area contributed by atoms with E-state index in [9.17, 15) is 9.59 Å². The van der Waals surface area contributed by atoms with Crippen LogP contribution in [0.5, 0.6) is 0 Å².